The maximum absolute atomic E-state index is 11.4. The largest absolute Gasteiger partial charge is 0.354 e. The molecule has 0 unspecified atom stereocenters. The van der Waals surface area contributed by atoms with Crippen LogP contribution in [0.2, 0.25) is 0 Å². The van der Waals surface area contributed by atoms with Crippen molar-refractivity contribution in [1.29, 1.82) is 0 Å². The summed E-state index contributed by atoms with van der Waals surface area (Å²) in [4.78, 5) is 11.4. The highest BCUT2D eigenvalue weighted by Crippen LogP contribution is 1.97. The first-order valence-electron chi connectivity index (χ1n) is 5.87. The third kappa shape index (κ3) is 11.5. The molecule has 3 N–H and O–H groups in total. The van der Waals surface area contributed by atoms with Crippen LogP contribution in [0.5, 0.6) is 0 Å². The molecule has 0 aromatic carbocycles. The third-order valence-electron chi connectivity index (χ3n) is 1.88. The number of rotatable bonds is 5. The Hall–Kier alpha value is -0.610. The molecule has 4 nitrogen and oxygen atoms in total. The molecule has 0 aliphatic carbocycles. The van der Waals surface area contributed by atoms with Crippen LogP contribution in [0.15, 0.2) is 0 Å². The predicted molar refractivity (Wildman–Crippen MR) is 68.5 cm³/mol. The fourth-order valence-electron chi connectivity index (χ4n) is 1.05. The summed E-state index contributed by atoms with van der Waals surface area (Å²) in [6.07, 6.45) is 0. The number of hydrogen-bond donors (Lipinski definition) is 3. The van der Waals surface area contributed by atoms with E-state index < -0.39 is 0 Å². The number of hydrogen-bond acceptors (Lipinski definition) is 3. The van der Waals surface area contributed by atoms with E-state index in [0.717, 1.165) is 6.54 Å². The Morgan fingerprint density at radius 2 is 1.38 bits per heavy atom. The average Bonchev–Trinajstić information content (AvgIpc) is 2.06. The van der Waals surface area contributed by atoms with Crippen LogP contribution >= 0.6 is 0 Å². The quantitative estimate of drug-likeness (QED) is 0.613. The van der Waals surface area contributed by atoms with Crippen LogP contribution in [0.1, 0.15) is 41.5 Å². The molecule has 0 fully saturated rings. The van der Waals surface area contributed by atoms with Gasteiger partial charge in [0, 0.05) is 24.2 Å². The van der Waals surface area contributed by atoms with Gasteiger partial charge in [-0.3, -0.25) is 4.79 Å². The maximum Gasteiger partial charge on any atom is 0.234 e. The van der Waals surface area contributed by atoms with Gasteiger partial charge in [0.2, 0.25) is 5.91 Å². The van der Waals surface area contributed by atoms with E-state index in [-0.39, 0.29) is 17.0 Å². The molecule has 0 aliphatic rings. The second-order valence-corrected chi connectivity index (χ2v) is 6.13. The first-order valence-corrected chi connectivity index (χ1v) is 5.87. The SMILES string of the molecule is CC(C)(C)NCCNC(=O)CNC(C)(C)C. The molecule has 4 heteroatoms. The molecule has 0 bridgehead atoms. The summed E-state index contributed by atoms with van der Waals surface area (Å²) in [5, 5.41) is 9.32. The van der Waals surface area contributed by atoms with Gasteiger partial charge in [-0.15, -0.1) is 0 Å². The molecule has 1 amide bonds. The Kier molecular flexibility index (Phi) is 5.97. The lowest BCUT2D eigenvalue weighted by Gasteiger charge is -2.21. The lowest BCUT2D eigenvalue weighted by molar-refractivity contribution is -0.120. The van der Waals surface area contributed by atoms with E-state index in [1.54, 1.807) is 0 Å². The number of carbonyl (C=O) groups excluding carboxylic acids is 1. The zero-order valence-corrected chi connectivity index (χ0v) is 11.5. The highest BCUT2D eigenvalue weighted by atomic mass is 16.1. The van der Waals surface area contributed by atoms with Crippen molar-refractivity contribution < 1.29 is 4.79 Å². The van der Waals surface area contributed by atoms with Crippen molar-refractivity contribution in [1.82, 2.24) is 16.0 Å². The molecule has 0 rings (SSSR count). The summed E-state index contributed by atoms with van der Waals surface area (Å²) in [6, 6.07) is 0. The Morgan fingerprint density at radius 3 is 1.81 bits per heavy atom. The molecule has 96 valence electrons. The second kappa shape index (κ2) is 6.21. The summed E-state index contributed by atoms with van der Waals surface area (Å²) >= 11 is 0. The van der Waals surface area contributed by atoms with Crippen LogP contribution in [0.3, 0.4) is 0 Å². The monoisotopic (exact) mass is 229 g/mol. The molecule has 0 aromatic heterocycles. The third-order valence-corrected chi connectivity index (χ3v) is 1.88. The van der Waals surface area contributed by atoms with Crippen molar-refractivity contribution in [2.45, 2.75) is 52.6 Å². The number of nitrogens with one attached hydrogen (secondary N) is 3. The minimum atomic E-state index is -0.0129. The molecule has 0 aliphatic heterocycles. The van der Waals surface area contributed by atoms with Crippen molar-refractivity contribution >= 4 is 5.91 Å². The molecular formula is C12H27N3O. The van der Waals surface area contributed by atoms with E-state index in [1.165, 1.54) is 0 Å². The number of carbonyl (C=O) groups is 1. The van der Waals surface area contributed by atoms with E-state index in [1.807, 2.05) is 20.8 Å². The van der Waals surface area contributed by atoms with Gasteiger partial charge in [-0.05, 0) is 41.5 Å². The molecule has 16 heavy (non-hydrogen) atoms. The van der Waals surface area contributed by atoms with Gasteiger partial charge in [-0.2, -0.15) is 0 Å². The molecular weight excluding hydrogens is 202 g/mol. The Bertz CT molecular complexity index is 213. The maximum atomic E-state index is 11.4. The first-order chi connectivity index (χ1) is 7.10. The average molecular weight is 229 g/mol. The number of amides is 1. The Balaban J connectivity index is 3.52. The minimum Gasteiger partial charge on any atom is -0.354 e. The van der Waals surface area contributed by atoms with Crippen molar-refractivity contribution in [2.75, 3.05) is 19.6 Å². The van der Waals surface area contributed by atoms with E-state index in [2.05, 4.69) is 36.7 Å². The zero-order valence-electron chi connectivity index (χ0n) is 11.5. The normalized spacial score (nSPS) is 12.6. The van der Waals surface area contributed by atoms with Gasteiger partial charge in [0.25, 0.3) is 0 Å². The molecule has 0 saturated carbocycles. The molecule has 0 atom stereocenters. The smallest absolute Gasteiger partial charge is 0.234 e. The van der Waals surface area contributed by atoms with Crippen LogP contribution in [0.25, 0.3) is 0 Å². The Labute approximate surface area is 99.6 Å². The zero-order chi connectivity index (χ0) is 12.8. The lowest BCUT2D eigenvalue weighted by Crippen LogP contribution is -2.46. The summed E-state index contributed by atoms with van der Waals surface area (Å²) in [5.74, 6) is 0.0469. The van der Waals surface area contributed by atoms with E-state index in [4.69, 9.17) is 0 Å². The van der Waals surface area contributed by atoms with E-state index >= 15 is 0 Å². The molecule has 0 heterocycles. The van der Waals surface area contributed by atoms with Crippen molar-refractivity contribution in [2.24, 2.45) is 0 Å². The van der Waals surface area contributed by atoms with Crippen LogP contribution in [-0.2, 0) is 4.79 Å². The fraction of sp³-hybridized carbons (Fsp3) is 0.917. The van der Waals surface area contributed by atoms with Gasteiger partial charge in [0.1, 0.15) is 0 Å². The van der Waals surface area contributed by atoms with Crippen LogP contribution < -0.4 is 16.0 Å². The van der Waals surface area contributed by atoms with Crippen molar-refractivity contribution in [3.8, 4) is 0 Å². The summed E-state index contributed by atoms with van der Waals surface area (Å²) in [6.45, 7) is 14.3. The molecule has 0 saturated heterocycles. The van der Waals surface area contributed by atoms with Gasteiger partial charge in [0.05, 0.1) is 6.54 Å². The summed E-state index contributed by atoms with van der Waals surface area (Å²) in [7, 11) is 0. The highest BCUT2D eigenvalue weighted by molar-refractivity contribution is 5.78. The van der Waals surface area contributed by atoms with E-state index in [9.17, 15) is 4.79 Å². The molecule has 0 aromatic rings. The van der Waals surface area contributed by atoms with Gasteiger partial charge in [0.15, 0.2) is 0 Å². The fourth-order valence-corrected chi connectivity index (χ4v) is 1.05. The topological polar surface area (TPSA) is 53.2 Å². The van der Waals surface area contributed by atoms with Gasteiger partial charge in [-0.25, -0.2) is 0 Å². The predicted octanol–water partition coefficient (Wildman–Crippen LogP) is 0.879. The van der Waals surface area contributed by atoms with Crippen molar-refractivity contribution in [3.05, 3.63) is 0 Å². The van der Waals surface area contributed by atoms with Gasteiger partial charge < -0.3 is 16.0 Å². The van der Waals surface area contributed by atoms with Gasteiger partial charge >= 0.3 is 0 Å². The minimum absolute atomic E-state index is 0.0129. The second-order valence-electron chi connectivity index (χ2n) is 6.13. The van der Waals surface area contributed by atoms with E-state index in [0.29, 0.717) is 13.1 Å². The first kappa shape index (κ1) is 15.4. The Morgan fingerprint density at radius 1 is 0.875 bits per heavy atom. The van der Waals surface area contributed by atoms with Gasteiger partial charge in [-0.1, -0.05) is 0 Å². The lowest BCUT2D eigenvalue weighted by atomic mass is 10.1. The highest BCUT2D eigenvalue weighted by Gasteiger charge is 2.11. The van der Waals surface area contributed by atoms with Crippen LogP contribution in [0.4, 0.5) is 0 Å². The van der Waals surface area contributed by atoms with Crippen LogP contribution in [0, 0.1) is 0 Å². The summed E-state index contributed by atoms with van der Waals surface area (Å²) < 4.78 is 0. The van der Waals surface area contributed by atoms with Crippen LogP contribution in [-0.4, -0.2) is 36.6 Å². The summed E-state index contributed by atoms with van der Waals surface area (Å²) in [5.41, 5.74) is 0.0926. The molecule has 0 spiro atoms. The van der Waals surface area contributed by atoms with Crippen molar-refractivity contribution in [3.63, 3.8) is 0 Å². The molecule has 0 radical (unpaired) electrons. The standard InChI is InChI=1S/C12H27N3O/c1-11(2,3)14-8-7-13-10(16)9-15-12(4,5)6/h14-15H,7-9H2,1-6H3,(H,13,16).